The molecular formula is C11H15ClN2O3S. The number of amides is 2. The van der Waals surface area contributed by atoms with Gasteiger partial charge in [-0.2, -0.15) is 0 Å². The summed E-state index contributed by atoms with van der Waals surface area (Å²) in [7, 11) is -2.30. The zero-order valence-electron chi connectivity index (χ0n) is 10.2. The standard InChI is InChI=1S/C11H15ClN2O3S/c1-3-8-14(2)11(15)13-18(16,17)10-6-4-9(12)5-7-10/h4-7H,3,8H2,1-2H3,(H,13,15). The maximum atomic E-state index is 11.9. The molecule has 0 fully saturated rings. The van der Waals surface area contributed by atoms with Gasteiger partial charge in [-0.15, -0.1) is 0 Å². The van der Waals surface area contributed by atoms with E-state index in [1.54, 1.807) is 0 Å². The Morgan fingerprint density at radius 2 is 1.89 bits per heavy atom. The summed E-state index contributed by atoms with van der Waals surface area (Å²) in [5, 5.41) is 0.434. The lowest BCUT2D eigenvalue weighted by atomic mass is 10.4. The van der Waals surface area contributed by atoms with Gasteiger partial charge in [0.05, 0.1) is 4.90 Å². The first-order valence-electron chi connectivity index (χ1n) is 5.40. The molecule has 1 aromatic rings. The number of halogens is 1. The maximum absolute atomic E-state index is 11.9. The first-order valence-corrected chi connectivity index (χ1v) is 7.26. The van der Waals surface area contributed by atoms with E-state index in [9.17, 15) is 13.2 Å². The zero-order valence-corrected chi connectivity index (χ0v) is 11.8. The first kappa shape index (κ1) is 14.8. The molecule has 0 saturated heterocycles. The molecule has 5 nitrogen and oxygen atoms in total. The molecule has 0 atom stereocenters. The van der Waals surface area contributed by atoms with Gasteiger partial charge in [0.1, 0.15) is 0 Å². The van der Waals surface area contributed by atoms with Crippen LogP contribution in [0.4, 0.5) is 4.79 Å². The zero-order chi connectivity index (χ0) is 13.8. The number of carbonyl (C=O) groups is 1. The smallest absolute Gasteiger partial charge is 0.327 e. The molecule has 0 aliphatic heterocycles. The SMILES string of the molecule is CCCN(C)C(=O)NS(=O)(=O)c1ccc(Cl)cc1. The Morgan fingerprint density at radius 1 is 1.33 bits per heavy atom. The summed E-state index contributed by atoms with van der Waals surface area (Å²) in [6.45, 7) is 2.39. The molecule has 7 heteroatoms. The highest BCUT2D eigenvalue weighted by molar-refractivity contribution is 7.90. The van der Waals surface area contributed by atoms with Gasteiger partial charge < -0.3 is 4.90 Å². The van der Waals surface area contributed by atoms with Crippen molar-refractivity contribution in [1.29, 1.82) is 0 Å². The molecule has 0 heterocycles. The Balaban J connectivity index is 2.82. The van der Waals surface area contributed by atoms with Crippen LogP contribution in [0.1, 0.15) is 13.3 Å². The molecule has 0 bridgehead atoms. The van der Waals surface area contributed by atoms with Gasteiger partial charge in [-0.25, -0.2) is 17.9 Å². The molecule has 0 saturated carbocycles. The second-order valence-corrected chi connectivity index (χ2v) is 5.90. The van der Waals surface area contributed by atoms with Gasteiger partial charge in [0.2, 0.25) is 0 Å². The van der Waals surface area contributed by atoms with Crippen molar-refractivity contribution < 1.29 is 13.2 Å². The highest BCUT2D eigenvalue weighted by atomic mass is 35.5. The van der Waals surface area contributed by atoms with Crippen molar-refractivity contribution in [2.75, 3.05) is 13.6 Å². The number of nitrogens with one attached hydrogen (secondary N) is 1. The Labute approximate surface area is 112 Å². The van der Waals surface area contributed by atoms with Crippen LogP contribution in [0.5, 0.6) is 0 Å². The van der Waals surface area contributed by atoms with Crippen LogP contribution in [-0.2, 0) is 10.0 Å². The van der Waals surface area contributed by atoms with E-state index in [0.29, 0.717) is 11.6 Å². The van der Waals surface area contributed by atoms with E-state index in [4.69, 9.17) is 11.6 Å². The van der Waals surface area contributed by atoms with E-state index in [1.807, 2.05) is 11.6 Å². The van der Waals surface area contributed by atoms with E-state index < -0.39 is 16.1 Å². The lowest BCUT2D eigenvalue weighted by molar-refractivity contribution is 0.215. The van der Waals surface area contributed by atoms with Crippen molar-refractivity contribution in [2.45, 2.75) is 18.2 Å². The second kappa shape index (κ2) is 6.06. The number of carbonyl (C=O) groups excluding carboxylic acids is 1. The number of nitrogens with zero attached hydrogens (tertiary/aromatic N) is 1. The fourth-order valence-corrected chi connectivity index (χ4v) is 2.43. The molecule has 0 spiro atoms. The van der Waals surface area contributed by atoms with Crippen LogP contribution in [0.2, 0.25) is 5.02 Å². The molecule has 100 valence electrons. The number of benzene rings is 1. The minimum absolute atomic E-state index is 0.00477. The fraction of sp³-hybridized carbons (Fsp3) is 0.364. The fourth-order valence-electron chi connectivity index (χ4n) is 1.30. The average molecular weight is 291 g/mol. The predicted octanol–water partition coefficient (Wildman–Crippen LogP) is 2.08. The highest BCUT2D eigenvalue weighted by Gasteiger charge is 2.19. The van der Waals surface area contributed by atoms with Crippen molar-refractivity contribution >= 4 is 27.7 Å². The number of rotatable bonds is 4. The largest absolute Gasteiger partial charge is 0.331 e. The maximum Gasteiger partial charge on any atom is 0.331 e. The van der Waals surface area contributed by atoms with E-state index in [0.717, 1.165) is 6.42 Å². The molecule has 2 amide bonds. The molecule has 0 aliphatic rings. The van der Waals surface area contributed by atoms with Gasteiger partial charge in [-0.3, -0.25) is 0 Å². The molecule has 1 N–H and O–H groups in total. The van der Waals surface area contributed by atoms with Crippen LogP contribution < -0.4 is 4.72 Å². The van der Waals surface area contributed by atoms with E-state index in [1.165, 1.54) is 36.2 Å². The number of hydrogen-bond acceptors (Lipinski definition) is 3. The molecule has 1 aromatic carbocycles. The summed E-state index contributed by atoms with van der Waals surface area (Å²) < 4.78 is 25.7. The summed E-state index contributed by atoms with van der Waals surface area (Å²) in [4.78, 5) is 12.9. The summed E-state index contributed by atoms with van der Waals surface area (Å²) in [6, 6.07) is 4.95. The van der Waals surface area contributed by atoms with Crippen LogP contribution in [0.3, 0.4) is 0 Å². The second-order valence-electron chi connectivity index (χ2n) is 3.79. The van der Waals surface area contributed by atoms with E-state index >= 15 is 0 Å². The molecule has 1 rings (SSSR count). The summed E-state index contributed by atoms with van der Waals surface area (Å²) in [5.41, 5.74) is 0. The lowest BCUT2D eigenvalue weighted by Gasteiger charge is -2.16. The summed E-state index contributed by atoms with van der Waals surface area (Å²) in [5.74, 6) is 0. The van der Waals surface area contributed by atoms with Crippen molar-refractivity contribution in [3.05, 3.63) is 29.3 Å². The van der Waals surface area contributed by atoms with Gasteiger partial charge in [-0.05, 0) is 30.7 Å². The third kappa shape index (κ3) is 3.89. The topological polar surface area (TPSA) is 66.5 Å². The van der Waals surface area contributed by atoms with E-state index in [-0.39, 0.29) is 4.90 Å². The van der Waals surface area contributed by atoms with Crippen molar-refractivity contribution in [3.8, 4) is 0 Å². The Morgan fingerprint density at radius 3 is 2.39 bits per heavy atom. The Hall–Kier alpha value is -1.27. The molecule has 0 radical (unpaired) electrons. The molecule has 0 unspecified atom stereocenters. The monoisotopic (exact) mass is 290 g/mol. The molecule has 0 aromatic heterocycles. The summed E-state index contributed by atoms with van der Waals surface area (Å²) in [6.07, 6.45) is 0.755. The normalized spacial score (nSPS) is 11.1. The third-order valence-electron chi connectivity index (χ3n) is 2.25. The summed E-state index contributed by atoms with van der Waals surface area (Å²) >= 11 is 5.67. The minimum Gasteiger partial charge on any atom is -0.327 e. The van der Waals surface area contributed by atoms with Gasteiger partial charge >= 0.3 is 6.03 Å². The average Bonchev–Trinajstić information content (AvgIpc) is 2.29. The van der Waals surface area contributed by atoms with Crippen molar-refractivity contribution in [1.82, 2.24) is 9.62 Å². The highest BCUT2D eigenvalue weighted by Crippen LogP contribution is 2.13. The van der Waals surface area contributed by atoms with Crippen LogP contribution in [-0.4, -0.2) is 32.9 Å². The predicted molar refractivity (Wildman–Crippen MR) is 70.1 cm³/mol. The van der Waals surface area contributed by atoms with Gasteiger partial charge in [0.25, 0.3) is 10.0 Å². The first-order chi connectivity index (χ1) is 8.36. The van der Waals surface area contributed by atoms with Crippen LogP contribution in [0, 0.1) is 0 Å². The number of hydrogen-bond donors (Lipinski definition) is 1. The van der Waals surface area contributed by atoms with Gasteiger partial charge in [0, 0.05) is 18.6 Å². The van der Waals surface area contributed by atoms with Gasteiger partial charge in [-0.1, -0.05) is 18.5 Å². The number of urea groups is 1. The van der Waals surface area contributed by atoms with Crippen molar-refractivity contribution in [2.24, 2.45) is 0 Å². The van der Waals surface area contributed by atoms with E-state index in [2.05, 4.69) is 0 Å². The van der Waals surface area contributed by atoms with Crippen molar-refractivity contribution in [3.63, 3.8) is 0 Å². The molecular weight excluding hydrogens is 276 g/mol. The lowest BCUT2D eigenvalue weighted by Crippen LogP contribution is -2.40. The molecule has 0 aliphatic carbocycles. The van der Waals surface area contributed by atoms with Crippen LogP contribution >= 0.6 is 11.6 Å². The molecule has 18 heavy (non-hydrogen) atoms. The number of sulfonamides is 1. The Bertz CT molecular complexity index is 514. The third-order valence-corrected chi connectivity index (χ3v) is 3.84. The van der Waals surface area contributed by atoms with Crippen LogP contribution in [0.15, 0.2) is 29.2 Å². The van der Waals surface area contributed by atoms with Crippen LogP contribution in [0.25, 0.3) is 0 Å². The quantitative estimate of drug-likeness (QED) is 0.923. The Kier molecular flexibility index (Phi) is 4.98. The van der Waals surface area contributed by atoms with Gasteiger partial charge in [0.15, 0.2) is 0 Å². The minimum atomic E-state index is -3.84.